The predicted octanol–water partition coefficient (Wildman–Crippen LogP) is 1.14. The maximum absolute atomic E-state index is 9.48. The van der Waals surface area contributed by atoms with Crippen LogP contribution in [0.3, 0.4) is 0 Å². The first-order valence-corrected chi connectivity index (χ1v) is 6.16. The normalized spacial score (nSPS) is 22.6. The first kappa shape index (κ1) is 12.1. The lowest BCUT2D eigenvalue weighted by Crippen LogP contribution is -2.15. The predicted molar refractivity (Wildman–Crippen MR) is 67.7 cm³/mol. The van der Waals surface area contributed by atoms with Gasteiger partial charge in [0.05, 0.1) is 19.3 Å². The summed E-state index contributed by atoms with van der Waals surface area (Å²) in [6.07, 6.45) is 0.255. The van der Waals surface area contributed by atoms with Gasteiger partial charge in [-0.2, -0.15) is 4.98 Å². The Morgan fingerprint density at radius 1 is 1.37 bits per heavy atom. The first-order valence-electron chi connectivity index (χ1n) is 6.16. The Morgan fingerprint density at radius 2 is 2.16 bits per heavy atom. The molecule has 1 aliphatic heterocycles. The molecule has 6 heteroatoms. The molecule has 0 radical (unpaired) electrons. The molecule has 2 aromatic rings. The Morgan fingerprint density at radius 3 is 2.79 bits per heavy atom. The molecule has 1 aliphatic rings. The maximum Gasteiger partial charge on any atom is 0.244 e. The quantitative estimate of drug-likeness (QED) is 0.862. The molecular formula is C13H15N3O3. The van der Waals surface area contributed by atoms with Gasteiger partial charge in [0.1, 0.15) is 5.75 Å². The van der Waals surface area contributed by atoms with Crippen molar-refractivity contribution in [1.29, 1.82) is 0 Å². The molecule has 100 valence electrons. The van der Waals surface area contributed by atoms with Crippen LogP contribution in [-0.4, -0.2) is 35.0 Å². The number of aromatic nitrogens is 2. The van der Waals surface area contributed by atoms with Gasteiger partial charge in [-0.15, -0.1) is 0 Å². The van der Waals surface area contributed by atoms with E-state index < -0.39 is 0 Å². The Hall–Kier alpha value is -1.92. The van der Waals surface area contributed by atoms with Crippen LogP contribution in [0.25, 0.3) is 11.4 Å². The van der Waals surface area contributed by atoms with Crippen LogP contribution in [0.1, 0.15) is 18.4 Å². The highest BCUT2D eigenvalue weighted by Gasteiger charge is 2.28. The van der Waals surface area contributed by atoms with Gasteiger partial charge in [-0.05, 0) is 30.7 Å². The van der Waals surface area contributed by atoms with Crippen molar-refractivity contribution in [2.24, 2.45) is 0 Å². The number of nitrogens with zero attached hydrogens (tertiary/aromatic N) is 2. The van der Waals surface area contributed by atoms with Gasteiger partial charge in [0, 0.05) is 12.1 Å². The van der Waals surface area contributed by atoms with Crippen LogP contribution in [0.4, 0.5) is 0 Å². The minimum atomic E-state index is -0.346. The molecule has 3 rings (SSSR count). The number of benzene rings is 1. The lowest BCUT2D eigenvalue weighted by atomic mass is 10.2. The van der Waals surface area contributed by atoms with Crippen molar-refractivity contribution in [2.75, 3.05) is 13.7 Å². The van der Waals surface area contributed by atoms with Gasteiger partial charge in [0.15, 0.2) is 0 Å². The van der Waals surface area contributed by atoms with Crippen LogP contribution in [0, 0.1) is 0 Å². The summed E-state index contributed by atoms with van der Waals surface area (Å²) in [5.74, 6) is 1.84. The van der Waals surface area contributed by atoms with E-state index in [1.807, 2.05) is 24.3 Å². The Balaban J connectivity index is 1.80. The Bertz CT molecular complexity index is 553. The van der Waals surface area contributed by atoms with E-state index in [2.05, 4.69) is 15.5 Å². The van der Waals surface area contributed by atoms with Gasteiger partial charge in [-0.3, -0.25) is 0 Å². The molecule has 2 heterocycles. The molecule has 1 aromatic heterocycles. The summed E-state index contributed by atoms with van der Waals surface area (Å²) < 4.78 is 10.3. The molecule has 1 fully saturated rings. The van der Waals surface area contributed by atoms with Crippen molar-refractivity contribution in [3.63, 3.8) is 0 Å². The average molecular weight is 261 g/mol. The van der Waals surface area contributed by atoms with Crippen LogP contribution in [-0.2, 0) is 0 Å². The second kappa shape index (κ2) is 4.99. The number of aliphatic hydroxyl groups is 1. The van der Waals surface area contributed by atoms with Crippen molar-refractivity contribution in [3.8, 4) is 17.1 Å². The van der Waals surface area contributed by atoms with Crippen LogP contribution in [0.15, 0.2) is 28.8 Å². The lowest BCUT2D eigenvalue weighted by Gasteiger charge is -2.01. The SMILES string of the molecule is COc1ccc(-c2noc([C@H]3C[C@@H](O)CN3)n2)cc1. The van der Waals surface area contributed by atoms with E-state index in [1.54, 1.807) is 7.11 Å². The van der Waals surface area contributed by atoms with E-state index in [1.165, 1.54) is 0 Å². The number of aliphatic hydroxyl groups excluding tert-OH is 1. The van der Waals surface area contributed by atoms with Crippen LogP contribution in [0.2, 0.25) is 0 Å². The fourth-order valence-electron chi connectivity index (χ4n) is 2.14. The zero-order valence-electron chi connectivity index (χ0n) is 10.5. The van der Waals surface area contributed by atoms with E-state index in [4.69, 9.17) is 9.26 Å². The second-order valence-corrected chi connectivity index (χ2v) is 4.54. The number of β-amino-alcohol motifs (C(OH)–C–C–N with tert-alkyl or cyclic N) is 1. The minimum Gasteiger partial charge on any atom is -0.497 e. The molecule has 1 aromatic carbocycles. The molecule has 1 saturated heterocycles. The molecule has 0 unspecified atom stereocenters. The van der Waals surface area contributed by atoms with Crippen LogP contribution >= 0.6 is 0 Å². The fourth-order valence-corrected chi connectivity index (χ4v) is 2.14. The molecule has 6 nitrogen and oxygen atoms in total. The minimum absolute atomic E-state index is 0.0606. The summed E-state index contributed by atoms with van der Waals surface area (Å²) in [5, 5.41) is 16.6. The Kier molecular flexibility index (Phi) is 3.18. The average Bonchev–Trinajstić information content (AvgIpc) is 3.07. The number of methoxy groups -OCH3 is 1. The number of rotatable bonds is 3. The summed E-state index contributed by atoms with van der Waals surface area (Å²) in [7, 11) is 1.62. The molecule has 19 heavy (non-hydrogen) atoms. The molecular weight excluding hydrogens is 246 g/mol. The highest BCUT2D eigenvalue weighted by Crippen LogP contribution is 2.25. The van der Waals surface area contributed by atoms with Crippen LogP contribution < -0.4 is 10.1 Å². The van der Waals surface area contributed by atoms with E-state index in [-0.39, 0.29) is 12.1 Å². The van der Waals surface area contributed by atoms with Crippen molar-refractivity contribution >= 4 is 0 Å². The molecule has 0 bridgehead atoms. The van der Waals surface area contributed by atoms with Crippen molar-refractivity contribution in [3.05, 3.63) is 30.2 Å². The molecule has 2 N–H and O–H groups in total. The van der Waals surface area contributed by atoms with Gasteiger partial charge in [0.2, 0.25) is 11.7 Å². The number of nitrogens with one attached hydrogen (secondary N) is 1. The maximum atomic E-state index is 9.48. The standard InChI is InChI=1S/C13H15N3O3/c1-18-10-4-2-8(3-5-10)12-15-13(19-16-12)11-6-9(17)7-14-11/h2-5,9,11,14,17H,6-7H2,1H3/t9-,11-/m1/s1. The Labute approximate surface area is 110 Å². The van der Waals surface area contributed by atoms with E-state index in [0.717, 1.165) is 11.3 Å². The third-order valence-electron chi connectivity index (χ3n) is 3.20. The van der Waals surface area contributed by atoms with E-state index in [0.29, 0.717) is 24.7 Å². The topological polar surface area (TPSA) is 80.4 Å². The lowest BCUT2D eigenvalue weighted by molar-refractivity contribution is 0.191. The van der Waals surface area contributed by atoms with Gasteiger partial charge in [-0.25, -0.2) is 0 Å². The van der Waals surface area contributed by atoms with Gasteiger partial charge >= 0.3 is 0 Å². The smallest absolute Gasteiger partial charge is 0.244 e. The number of hydrogen-bond acceptors (Lipinski definition) is 6. The van der Waals surface area contributed by atoms with Crippen molar-refractivity contribution in [2.45, 2.75) is 18.6 Å². The van der Waals surface area contributed by atoms with Gasteiger partial charge in [-0.1, -0.05) is 5.16 Å². The summed E-state index contributed by atoms with van der Waals surface area (Å²) in [6, 6.07) is 7.40. The second-order valence-electron chi connectivity index (χ2n) is 4.54. The van der Waals surface area contributed by atoms with Gasteiger partial charge < -0.3 is 19.7 Å². The molecule has 2 atom stereocenters. The third kappa shape index (κ3) is 2.45. The number of hydrogen-bond donors (Lipinski definition) is 2. The largest absolute Gasteiger partial charge is 0.497 e. The van der Waals surface area contributed by atoms with E-state index >= 15 is 0 Å². The van der Waals surface area contributed by atoms with E-state index in [9.17, 15) is 5.11 Å². The summed E-state index contributed by atoms with van der Waals surface area (Å²) in [4.78, 5) is 4.36. The summed E-state index contributed by atoms with van der Waals surface area (Å²) in [5.41, 5.74) is 0.870. The highest BCUT2D eigenvalue weighted by molar-refractivity contribution is 5.55. The first-order chi connectivity index (χ1) is 9.26. The molecule has 0 saturated carbocycles. The monoisotopic (exact) mass is 261 g/mol. The third-order valence-corrected chi connectivity index (χ3v) is 3.20. The summed E-state index contributed by atoms with van der Waals surface area (Å²) in [6.45, 7) is 0.560. The van der Waals surface area contributed by atoms with Gasteiger partial charge in [0.25, 0.3) is 0 Å². The number of ether oxygens (including phenoxy) is 1. The molecule has 0 spiro atoms. The molecule has 0 aliphatic carbocycles. The van der Waals surface area contributed by atoms with Crippen LogP contribution in [0.5, 0.6) is 5.75 Å². The molecule has 0 amide bonds. The fraction of sp³-hybridized carbons (Fsp3) is 0.385. The zero-order valence-corrected chi connectivity index (χ0v) is 10.5. The van der Waals surface area contributed by atoms with Crippen molar-refractivity contribution < 1.29 is 14.4 Å². The summed E-state index contributed by atoms with van der Waals surface area (Å²) >= 11 is 0. The zero-order chi connectivity index (χ0) is 13.2. The highest BCUT2D eigenvalue weighted by atomic mass is 16.5. The van der Waals surface area contributed by atoms with Crippen molar-refractivity contribution in [1.82, 2.24) is 15.5 Å².